The van der Waals surface area contributed by atoms with Crippen molar-refractivity contribution in [2.24, 2.45) is 5.92 Å². The molecule has 2 saturated carbocycles. The minimum Gasteiger partial charge on any atom is -0.492 e. The lowest BCUT2D eigenvalue weighted by molar-refractivity contribution is 0.275. The van der Waals surface area contributed by atoms with Crippen LogP contribution in [0.25, 0.3) is 5.65 Å². The Morgan fingerprint density at radius 3 is 2.56 bits per heavy atom. The van der Waals surface area contributed by atoms with Crippen LogP contribution in [-0.4, -0.2) is 21.2 Å². The van der Waals surface area contributed by atoms with Crippen molar-refractivity contribution >= 4 is 5.65 Å². The molecule has 2 aliphatic rings. The first-order valence-electron chi connectivity index (χ1n) is 9.47. The summed E-state index contributed by atoms with van der Waals surface area (Å²) in [6.07, 6.45) is 7.21. The van der Waals surface area contributed by atoms with E-state index in [4.69, 9.17) is 4.74 Å². The molecule has 4 nitrogen and oxygen atoms in total. The summed E-state index contributed by atoms with van der Waals surface area (Å²) >= 11 is 0. The number of aromatic nitrogens is 3. The number of ether oxygens (including phenoxy) is 1. The van der Waals surface area contributed by atoms with Crippen LogP contribution in [0.4, 0.5) is 8.78 Å². The Morgan fingerprint density at radius 1 is 1.15 bits per heavy atom. The number of fused-ring (bicyclic) bond motifs is 1. The fourth-order valence-corrected chi connectivity index (χ4v) is 3.73. The third-order valence-corrected chi connectivity index (χ3v) is 5.85. The monoisotopic (exact) mass is 369 g/mol. The second-order valence-corrected chi connectivity index (χ2v) is 7.99. The van der Waals surface area contributed by atoms with Gasteiger partial charge in [-0.15, -0.1) is 10.2 Å². The topological polar surface area (TPSA) is 39.4 Å². The number of nitrogens with zero attached hydrogens (tertiary/aromatic N) is 3. The highest BCUT2D eigenvalue weighted by Crippen LogP contribution is 2.49. The molecule has 6 heteroatoms. The van der Waals surface area contributed by atoms with Crippen LogP contribution < -0.4 is 4.74 Å². The summed E-state index contributed by atoms with van der Waals surface area (Å²) in [4.78, 5) is 0. The van der Waals surface area contributed by atoms with Gasteiger partial charge in [-0.25, -0.2) is 8.78 Å². The molecule has 3 aromatic rings. The van der Waals surface area contributed by atoms with E-state index < -0.39 is 11.6 Å². The number of hydrogen-bond donors (Lipinski definition) is 0. The van der Waals surface area contributed by atoms with Crippen LogP contribution in [0.1, 0.15) is 42.6 Å². The highest BCUT2D eigenvalue weighted by Gasteiger charge is 2.45. The van der Waals surface area contributed by atoms with E-state index in [0.717, 1.165) is 54.0 Å². The molecular formula is C21H21F2N3O. The average Bonchev–Trinajstić information content (AvgIpc) is 3.54. The van der Waals surface area contributed by atoms with E-state index in [9.17, 15) is 8.78 Å². The highest BCUT2D eigenvalue weighted by molar-refractivity contribution is 5.54. The molecule has 0 spiro atoms. The van der Waals surface area contributed by atoms with Gasteiger partial charge >= 0.3 is 0 Å². The predicted octanol–water partition coefficient (Wildman–Crippen LogP) is 4.38. The van der Waals surface area contributed by atoms with Crippen molar-refractivity contribution in [3.63, 3.8) is 0 Å². The smallest absolute Gasteiger partial charge is 0.167 e. The van der Waals surface area contributed by atoms with Gasteiger partial charge in [-0.3, -0.25) is 4.40 Å². The van der Waals surface area contributed by atoms with Crippen LogP contribution >= 0.6 is 0 Å². The average molecular weight is 369 g/mol. The zero-order valence-electron chi connectivity index (χ0n) is 15.2. The van der Waals surface area contributed by atoms with Crippen LogP contribution in [-0.2, 0) is 11.8 Å². The molecule has 1 aromatic carbocycles. The Kier molecular flexibility index (Phi) is 3.71. The molecule has 0 N–H and O–H groups in total. The van der Waals surface area contributed by atoms with Gasteiger partial charge in [0.1, 0.15) is 23.2 Å². The van der Waals surface area contributed by atoms with Gasteiger partial charge in [0.25, 0.3) is 0 Å². The number of hydrogen-bond acceptors (Lipinski definition) is 3. The lowest BCUT2D eigenvalue weighted by Crippen LogP contribution is -2.18. The maximum absolute atomic E-state index is 13.6. The predicted molar refractivity (Wildman–Crippen MR) is 96.9 cm³/mol. The first-order valence-corrected chi connectivity index (χ1v) is 9.47. The van der Waals surface area contributed by atoms with Crippen LogP contribution in [0.3, 0.4) is 0 Å². The van der Waals surface area contributed by atoms with Gasteiger partial charge in [0, 0.05) is 29.7 Å². The minimum atomic E-state index is -0.541. The van der Waals surface area contributed by atoms with E-state index in [-0.39, 0.29) is 5.41 Å². The van der Waals surface area contributed by atoms with Gasteiger partial charge < -0.3 is 4.74 Å². The molecule has 0 saturated heterocycles. The fourth-order valence-electron chi connectivity index (χ4n) is 3.73. The van der Waals surface area contributed by atoms with Gasteiger partial charge in [0.2, 0.25) is 0 Å². The van der Waals surface area contributed by atoms with Crippen LogP contribution in [0.2, 0.25) is 0 Å². The highest BCUT2D eigenvalue weighted by atomic mass is 19.1. The number of rotatable bonds is 6. The third kappa shape index (κ3) is 3.07. The Morgan fingerprint density at radius 2 is 1.89 bits per heavy atom. The molecule has 5 rings (SSSR count). The Balaban J connectivity index is 1.37. The second kappa shape index (κ2) is 6.01. The lowest BCUT2D eigenvalue weighted by Gasteiger charge is -2.18. The minimum absolute atomic E-state index is 0.299. The van der Waals surface area contributed by atoms with Gasteiger partial charge in [0.05, 0.1) is 6.61 Å². The molecule has 2 heterocycles. The van der Waals surface area contributed by atoms with E-state index >= 15 is 0 Å². The van der Waals surface area contributed by atoms with Crippen molar-refractivity contribution in [2.75, 3.05) is 6.61 Å². The summed E-state index contributed by atoms with van der Waals surface area (Å²) in [7, 11) is 0. The van der Waals surface area contributed by atoms with Gasteiger partial charge in [-0.1, -0.05) is 0 Å². The maximum Gasteiger partial charge on any atom is 0.167 e. The summed E-state index contributed by atoms with van der Waals surface area (Å²) in [6, 6.07) is 5.67. The molecule has 140 valence electrons. The second-order valence-electron chi connectivity index (χ2n) is 7.99. The van der Waals surface area contributed by atoms with E-state index in [1.165, 1.54) is 25.0 Å². The molecule has 2 aromatic heterocycles. The standard InChI is InChI=1S/C21H21F2N3O/c1-13-18(4-7-26-19(8-14-2-3-14)24-25-20(13)26)27-12-21(5-6-21)15-9-16(22)11-17(23)10-15/h4,7,9-11,14H,2-3,5-6,8,12H2,1H3. The van der Waals surface area contributed by atoms with Crippen molar-refractivity contribution in [3.05, 3.63) is 59.0 Å². The molecule has 2 aliphatic carbocycles. The first kappa shape index (κ1) is 16.7. The van der Waals surface area contributed by atoms with Crippen molar-refractivity contribution < 1.29 is 13.5 Å². The largest absolute Gasteiger partial charge is 0.492 e. The number of halogens is 2. The molecule has 0 bridgehead atoms. The quantitative estimate of drug-likeness (QED) is 0.647. The zero-order chi connectivity index (χ0) is 18.6. The van der Waals surface area contributed by atoms with Crippen molar-refractivity contribution in [3.8, 4) is 5.75 Å². The molecule has 27 heavy (non-hydrogen) atoms. The molecule has 0 radical (unpaired) electrons. The lowest BCUT2D eigenvalue weighted by atomic mass is 9.96. The Hall–Kier alpha value is -2.50. The first-order chi connectivity index (χ1) is 13.0. The van der Waals surface area contributed by atoms with E-state index in [2.05, 4.69) is 10.2 Å². The van der Waals surface area contributed by atoms with Crippen molar-refractivity contribution in [1.29, 1.82) is 0 Å². The molecule has 0 aliphatic heterocycles. The molecule has 0 amide bonds. The van der Waals surface area contributed by atoms with Crippen LogP contribution in [0, 0.1) is 24.5 Å². The summed E-state index contributed by atoms with van der Waals surface area (Å²) in [5, 5.41) is 8.67. The summed E-state index contributed by atoms with van der Waals surface area (Å²) in [6.45, 7) is 2.37. The van der Waals surface area contributed by atoms with Crippen molar-refractivity contribution in [1.82, 2.24) is 14.6 Å². The number of benzene rings is 1. The SMILES string of the molecule is Cc1c(OCC2(c3cc(F)cc(F)c3)CC2)ccn2c(CC3CC3)nnc12. The third-order valence-electron chi connectivity index (χ3n) is 5.85. The van der Waals surface area contributed by atoms with E-state index in [1.54, 1.807) is 0 Å². The van der Waals surface area contributed by atoms with E-state index in [1.807, 2.05) is 23.6 Å². The summed E-state index contributed by atoms with van der Waals surface area (Å²) in [5.74, 6) is 1.41. The van der Waals surface area contributed by atoms with Crippen LogP contribution in [0.5, 0.6) is 5.75 Å². The molecular weight excluding hydrogens is 348 g/mol. The summed E-state index contributed by atoms with van der Waals surface area (Å²) < 4.78 is 35.3. The number of aryl methyl sites for hydroxylation is 1. The molecule has 2 fully saturated rings. The fraction of sp³-hybridized carbons (Fsp3) is 0.429. The number of pyridine rings is 1. The summed E-state index contributed by atoms with van der Waals surface area (Å²) in [5.41, 5.74) is 2.12. The van der Waals surface area contributed by atoms with Gasteiger partial charge in [0.15, 0.2) is 5.65 Å². The zero-order valence-corrected chi connectivity index (χ0v) is 15.2. The van der Waals surface area contributed by atoms with Crippen LogP contribution in [0.15, 0.2) is 30.5 Å². The van der Waals surface area contributed by atoms with Crippen molar-refractivity contribution in [2.45, 2.75) is 44.4 Å². The maximum atomic E-state index is 13.6. The Labute approximate surface area is 156 Å². The van der Waals surface area contributed by atoms with Gasteiger partial charge in [-0.05, 0) is 62.3 Å². The normalized spacial score (nSPS) is 18.0. The Bertz CT molecular complexity index is 1000. The molecule has 0 atom stereocenters. The van der Waals surface area contributed by atoms with E-state index in [0.29, 0.717) is 12.2 Å². The van der Waals surface area contributed by atoms with Gasteiger partial charge in [-0.2, -0.15) is 0 Å². The molecule has 0 unspecified atom stereocenters.